The van der Waals surface area contributed by atoms with Crippen molar-refractivity contribution in [1.29, 1.82) is 0 Å². The van der Waals surface area contributed by atoms with Gasteiger partial charge in [-0.25, -0.2) is 4.98 Å². The van der Waals surface area contributed by atoms with Crippen LogP contribution in [-0.4, -0.2) is 4.98 Å². The lowest BCUT2D eigenvalue weighted by Crippen LogP contribution is -2.02. The number of thiazole rings is 1. The summed E-state index contributed by atoms with van der Waals surface area (Å²) < 4.78 is 1.14. The van der Waals surface area contributed by atoms with Crippen LogP contribution in [0.15, 0.2) is 36.4 Å². The van der Waals surface area contributed by atoms with Crippen molar-refractivity contribution in [3.63, 3.8) is 0 Å². The first-order valence-electron chi connectivity index (χ1n) is 6.58. The van der Waals surface area contributed by atoms with Gasteiger partial charge in [-0.3, -0.25) is 0 Å². The van der Waals surface area contributed by atoms with E-state index in [-0.39, 0.29) is 0 Å². The average molecular weight is 283 g/mol. The van der Waals surface area contributed by atoms with E-state index in [4.69, 9.17) is 5.73 Å². The van der Waals surface area contributed by atoms with Gasteiger partial charge < -0.3 is 11.1 Å². The van der Waals surface area contributed by atoms with E-state index in [1.165, 1.54) is 11.1 Å². The molecule has 3 aromatic rings. The molecular formula is C16H17N3S. The van der Waals surface area contributed by atoms with Crippen LogP contribution in [0.1, 0.15) is 16.1 Å². The highest BCUT2D eigenvalue weighted by atomic mass is 32.1. The molecule has 3 nitrogen and oxygen atoms in total. The second-order valence-electron chi connectivity index (χ2n) is 4.98. The molecule has 0 unspecified atom stereocenters. The molecule has 4 heteroatoms. The first-order valence-corrected chi connectivity index (χ1v) is 7.39. The molecule has 0 fully saturated rings. The SMILES string of the molecule is Cc1ccc(CNc2cc3nc(C)sc3cc2N)cc1. The first-order chi connectivity index (χ1) is 9.61. The number of rotatable bonds is 3. The Balaban J connectivity index is 1.83. The maximum Gasteiger partial charge on any atom is 0.0907 e. The maximum atomic E-state index is 6.10. The van der Waals surface area contributed by atoms with Crippen molar-refractivity contribution in [3.05, 3.63) is 52.5 Å². The predicted octanol–water partition coefficient (Wildman–Crippen LogP) is 4.11. The molecule has 1 aromatic heterocycles. The molecule has 0 saturated carbocycles. The van der Waals surface area contributed by atoms with Crippen molar-refractivity contribution in [1.82, 2.24) is 4.98 Å². The quantitative estimate of drug-likeness (QED) is 0.711. The number of anilines is 2. The molecule has 0 bridgehead atoms. The van der Waals surface area contributed by atoms with Gasteiger partial charge in [0.1, 0.15) is 0 Å². The Hall–Kier alpha value is -2.07. The summed E-state index contributed by atoms with van der Waals surface area (Å²) in [6.45, 7) is 4.87. The topological polar surface area (TPSA) is 50.9 Å². The molecule has 2 aromatic carbocycles. The number of hydrogen-bond acceptors (Lipinski definition) is 4. The van der Waals surface area contributed by atoms with Crippen molar-refractivity contribution in [3.8, 4) is 0 Å². The number of fused-ring (bicyclic) bond motifs is 1. The molecule has 20 heavy (non-hydrogen) atoms. The molecular weight excluding hydrogens is 266 g/mol. The van der Waals surface area contributed by atoms with Gasteiger partial charge in [0.25, 0.3) is 0 Å². The zero-order chi connectivity index (χ0) is 14.1. The van der Waals surface area contributed by atoms with Gasteiger partial charge in [0.2, 0.25) is 0 Å². The van der Waals surface area contributed by atoms with Gasteiger partial charge in [0, 0.05) is 6.54 Å². The van der Waals surface area contributed by atoms with Crippen molar-refractivity contribution < 1.29 is 0 Å². The molecule has 0 amide bonds. The van der Waals surface area contributed by atoms with E-state index in [2.05, 4.69) is 41.5 Å². The van der Waals surface area contributed by atoms with E-state index >= 15 is 0 Å². The Kier molecular flexibility index (Phi) is 3.32. The van der Waals surface area contributed by atoms with Gasteiger partial charge in [-0.05, 0) is 31.5 Å². The zero-order valence-electron chi connectivity index (χ0n) is 11.6. The number of nitrogen functional groups attached to an aromatic ring is 1. The zero-order valence-corrected chi connectivity index (χ0v) is 12.4. The Morgan fingerprint density at radius 3 is 2.65 bits per heavy atom. The Morgan fingerprint density at radius 2 is 1.90 bits per heavy atom. The number of aromatic nitrogens is 1. The highest BCUT2D eigenvalue weighted by Gasteiger charge is 2.06. The summed E-state index contributed by atoms with van der Waals surface area (Å²) >= 11 is 1.67. The summed E-state index contributed by atoms with van der Waals surface area (Å²) in [5, 5.41) is 4.45. The first kappa shape index (κ1) is 12.9. The Labute approximate surface area is 122 Å². The fraction of sp³-hybridized carbons (Fsp3) is 0.188. The summed E-state index contributed by atoms with van der Waals surface area (Å²) in [5.74, 6) is 0. The second-order valence-corrected chi connectivity index (χ2v) is 6.21. The fourth-order valence-electron chi connectivity index (χ4n) is 2.16. The highest BCUT2D eigenvalue weighted by molar-refractivity contribution is 7.18. The number of benzene rings is 2. The normalized spacial score (nSPS) is 10.9. The molecule has 0 aliphatic heterocycles. The van der Waals surface area contributed by atoms with E-state index < -0.39 is 0 Å². The number of aryl methyl sites for hydroxylation is 2. The standard InChI is InChI=1S/C16H17N3S/c1-10-3-5-12(6-4-10)9-18-14-8-15-16(7-13(14)17)20-11(2)19-15/h3-8,18H,9,17H2,1-2H3. The third kappa shape index (κ3) is 2.60. The molecule has 1 heterocycles. The maximum absolute atomic E-state index is 6.10. The minimum Gasteiger partial charge on any atom is -0.397 e. The molecule has 3 N–H and O–H groups in total. The van der Waals surface area contributed by atoms with E-state index in [0.717, 1.165) is 33.1 Å². The lowest BCUT2D eigenvalue weighted by Gasteiger charge is -2.09. The summed E-state index contributed by atoms with van der Waals surface area (Å²) in [4.78, 5) is 4.50. The number of nitrogens with one attached hydrogen (secondary N) is 1. The van der Waals surface area contributed by atoms with Crippen LogP contribution in [0.2, 0.25) is 0 Å². The average Bonchev–Trinajstić information content (AvgIpc) is 2.77. The van der Waals surface area contributed by atoms with Crippen LogP contribution in [0.3, 0.4) is 0 Å². The van der Waals surface area contributed by atoms with Crippen LogP contribution >= 0.6 is 11.3 Å². The summed E-state index contributed by atoms with van der Waals surface area (Å²) in [7, 11) is 0. The lowest BCUT2D eigenvalue weighted by molar-refractivity contribution is 1.15. The Morgan fingerprint density at radius 1 is 1.15 bits per heavy atom. The molecule has 102 valence electrons. The van der Waals surface area contributed by atoms with Crippen molar-refractivity contribution in [2.24, 2.45) is 0 Å². The number of nitrogens with zero attached hydrogens (tertiary/aromatic N) is 1. The molecule has 0 radical (unpaired) electrons. The fourth-order valence-corrected chi connectivity index (χ4v) is 3.02. The minimum absolute atomic E-state index is 0.763. The van der Waals surface area contributed by atoms with Crippen molar-refractivity contribution >= 4 is 32.9 Å². The van der Waals surface area contributed by atoms with Crippen LogP contribution < -0.4 is 11.1 Å². The van der Waals surface area contributed by atoms with Gasteiger partial charge in [-0.1, -0.05) is 29.8 Å². The lowest BCUT2D eigenvalue weighted by atomic mass is 10.1. The van der Waals surface area contributed by atoms with Gasteiger partial charge in [-0.2, -0.15) is 0 Å². The van der Waals surface area contributed by atoms with Crippen LogP contribution in [-0.2, 0) is 6.54 Å². The highest BCUT2D eigenvalue weighted by Crippen LogP contribution is 2.29. The van der Waals surface area contributed by atoms with Gasteiger partial charge in [-0.15, -0.1) is 11.3 Å². The van der Waals surface area contributed by atoms with Gasteiger partial charge in [0.05, 0.1) is 26.6 Å². The van der Waals surface area contributed by atoms with Crippen LogP contribution in [0.25, 0.3) is 10.2 Å². The largest absolute Gasteiger partial charge is 0.397 e. The third-order valence-corrected chi connectivity index (χ3v) is 4.20. The third-order valence-electron chi connectivity index (χ3n) is 3.27. The molecule has 0 aliphatic rings. The van der Waals surface area contributed by atoms with E-state index in [9.17, 15) is 0 Å². The molecule has 0 aliphatic carbocycles. The van der Waals surface area contributed by atoms with Crippen LogP contribution in [0.4, 0.5) is 11.4 Å². The summed E-state index contributed by atoms with van der Waals surface area (Å²) in [5.41, 5.74) is 11.3. The monoisotopic (exact) mass is 283 g/mol. The molecule has 0 saturated heterocycles. The Bertz CT molecular complexity index is 744. The smallest absolute Gasteiger partial charge is 0.0907 e. The van der Waals surface area contributed by atoms with E-state index in [1.807, 2.05) is 19.1 Å². The summed E-state index contributed by atoms with van der Waals surface area (Å²) in [6, 6.07) is 12.5. The van der Waals surface area contributed by atoms with Crippen LogP contribution in [0.5, 0.6) is 0 Å². The van der Waals surface area contributed by atoms with Gasteiger partial charge in [0.15, 0.2) is 0 Å². The van der Waals surface area contributed by atoms with E-state index in [1.54, 1.807) is 11.3 Å². The van der Waals surface area contributed by atoms with Crippen molar-refractivity contribution in [2.75, 3.05) is 11.1 Å². The number of hydrogen-bond donors (Lipinski definition) is 2. The van der Waals surface area contributed by atoms with Gasteiger partial charge >= 0.3 is 0 Å². The molecule has 3 rings (SSSR count). The van der Waals surface area contributed by atoms with E-state index in [0.29, 0.717) is 0 Å². The second kappa shape index (κ2) is 5.13. The van der Waals surface area contributed by atoms with Crippen molar-refractivity contribution in [2.45, 2.75) is 20.4 Å². The predicted molar refractivity (Wildman–Crippen MR) is 87.3 cm³/mol. The van der Waals surface area contributed by atoms with Crippen LogP contribution in [0, 0.1) is 13.8 Å². The molecule has 0 atom stereocenters. The minimum atomic E-state index is 0.763. The number of nitrogens with two attached hydrogens (primary N) is 1. The summed E-state index contributed by atoms with van der Waals surface area (Å²) in [6.07, 6.45) is 0. The molecule has 0 spiro atoms.